The molecule has 0 unspecified atom stereocenters. The van der Waals surface area contributed by atoms with Gasteiger partial charge in [-0.3, -0.25) is 19.3 Å². The van der Waals surface area contributed by atoms with Crippen LogP contribution in [0.15, 0.2) is 41.8 Å². The highest BCUT2D eigenvalue weighted by Crippen LogP contribution is 2.37. The molecule has 1 aromatic carbocycles. The van der Waals surface area contributed by atoms with Gasteiger partial charge in [-0.05, 0) is 57.2 Å². The number of hydrogen-bond donors (Lipinski definition) is 1. The Bertz CT molecular complexity index is 876. The number of fused-ring (bicyclic) bond motifs is 1. The molecule has 0 saturated heterocycles. The third-order valence-corrected chi connectivity index (χ3v) is 5.70. The summed E-state index contributed by atoms with van der Waals surface area (Å²) in [5.74, 6) is -1.11. The van der Waals surface area contributed by atoms with E-state index in [0.29, 0.717) is 17.8 Å². The normalized spacial score (nSPS) is 16.1. The van der Waals surface area contributed by atoms with E-state index >= 15 is 0 Å². The average molecular weight is 401 g/mol. The number of nitrogens with one attached hydrogen (secondary N) is 1. The van der Waals surface area contributed by atoms with Crippen LogP contribution in [0.4, 0.5) is 11.4 Å². The van der Waals surface area contributed by atoms with Crippen LogP contribution in [0.1, 0.15) is 38.5 Å². The summed E-state index contributed by atoms with van der Waals surface area (Å²) < 4.78 is 5.37. The smallest absolute Gasteiger partial charge is 0.306 e. The molecule has 1 aliphatic rings. The molecule has 3 rings (SSSR count). The number of aryl methyl sites for hydroxylation is 1. The first-order valence-electron chi connectivity index (χ1n) is 9.27. The summed E-state index contributed by atoms with van der Waals surface area (Å²) >= 11 is 1.65. The van der Waals surface area contributed by atoms with Gasteiger partial charge in [0, 0.05) is 11.3 Å². The number of esters is 1. The molecule has 148 valence electrons. The van der Waals surface area contributed by atoms with Crippen molar-refractivity contribution in [2.24, 2.45) is 0 Å². The Morgan fingerprint density at radius 1 is 1.21 bits per heavy atom. The zero-order valence-electron chi connectivity index (χ0n) is 16.2. The van der Waals surface area contributed by atoms with E-state index < -0.39 is 23.5 Å². The third-order valence-electron chi connectivity index (χ3n) is 4.77. The first kappa shape index (κ1) is 20.1. The number of benzene rings is 1. The van der Waals surface area contributed by atoms with Crippen molar-refractivity contribution < 1.29 is 19.1 Å². The molecule has 0 saturated carbocycles. The number of carbonyl (C=O) groups is 3. The van der Waals surface area contributed by atoms with E-state index in [4.69, 9.17) is 4.74 Å². The monoisotopic (exact) mass is 400 g/mol. The molecule has 1 atom stereocenters. The summed E-state index contributed by atoms with van der Waals surface area (Å²) in [5, 5.41) is 4.82. The van der Waals surface area contributed by atoms with Crippen LogP contribution in [-0.2, 0) is 25.5 Å². The van der Waals surface area contributed by atoms with Gasteiger partial charge in [0.25, 0.3) is 5.91 Å². The fourth-order valence-corrected chi connectivity index (χ4v) is 3.95. The highest BCUT2D eigenvalue weighted by atomic mass is 32.1. The molecule has 0 radical (unpaired) electrons. The Balaban J connectivity index is 1.66. The molecule has 0 aliphatic carbocycles. The second kappa shape index (κ2) is 8.14. The van der Waals surface area contributed by atoms with Crippen molar-refractivity contribution >= 4 is 40.5 Å². The van der Waals surface area contributed by atoms with E-state index in [1.54, 1.807) is 56.4 Å². The minimum absolute atomic E-state index is 0.246. The van der Waals surface area contributed by atoms with Crippen molar-refractivity contribution in [1.29, 1.82) is 0 Å². The Morgan fingerprint density at radius 3 is 2.68 bits per heavy atom. The molecule has 2 amide bonds. The zero-order valence-corrected chi connectivity index (χ0v) is 17.0. The number of rotatable bonds is 6. The van der Waals surface area contributed by atoms with Crippen molar-refractivity contribution in [2.45, 2.75) is 51.7 Å². The first-order chi connectivity index (χ1) is 13.3. The number of carbonyl (C=O) groups excluding carboxylic acids is 3. The molecule has 6 nitrogen and oxygen atoms in total. The summed E-state index contributed by atoms with van der Waals surface area (Å²) in [4.78, 5) is 40.4. The highest BCUT2D eigenvalue weighted by Gasteiger charge is 2.45. The number of nitrogens with zero attached hydrogens (tertiary/aromatic N) is 1. The Hall–Kier alpha value is -2.67. The van der Waals surface area contributed by atoms with Gasteiger partial charge in [-0.25, -0.2) is 0 Å². The van der Waals surface area contributed by atoms with Gasteiger partial charge < -0.3 is 10.1 Å². The van der Waals surface area contributed by atoms with Crippen LogP contribution in [0.2, 0.25) is 0 Å². The van der Waals surface area contributed by atoms with E-state index in [-0.39, 0.29) is 12.3 Å². The largest absolute Gasteiger partial charge is 0.453 e. The SMILES string of the molecule is C[C@H](OC(=O)CCCc1cccs1)C(=O)N1c2ccccc2NC(=O)C1(C)C. The topological polar surface area (TPSA) is 75.7 Å². The van der Waals surface area contributed by atoms with E-state index in [2.05, 4.69) is 5.32 Å². The van der Waals surface area contributed by atoms with Crippen LogP contribution in [0, 0.1) is 0 Å². The van der Waals surface area contributed by atoms with Gasteiger partial charge in [-0.1, -0.05) is 18.2 Å². The maximum Gasteiger partial charge on any atom is 0.306 e. The summed E-state index contributed by atoms with van der Waals surface area (Å²) in [7, 11) is 0. The minimum Gasteiger partial charge on any atom is -0.453 e. The second-order valence-corrected chi connectivity index (χ2v) is 8.30. The van der Waals surface area contributed by atoms with Gasteiger partial charge in [-0.15, -0.1) is 11.3 Å². The van der Waals surface area contributed by atoms with E-state index in [9.17, 15) is 14.4 Å². The number of hydrogen-bond acceptors (Lipinski definition) is 5. The van der Waals surface area contributed by atoms with Crippen LogP contribution in [-0.4, -0.2) is 29.4 Å². The van der Waals surface area contributed by atoms with Crippen molar-refractivity contribution in [3.05, 3.63) is 46.7 Å². The standard InChI is InChI=1S/C21H24N2O4S/c1-14(27-18(24)12-6-8-15-9-7-13-28-15)19(25)23-17-11-5-4-10-16(17)22-20(26)21(23,2)3/h4-5,7,9-11,13-14H,6,8,12H2,1-3H3,(H,22,26)/t14-/m0/s1. The molecule has 0 spiro atoms. The Labute approximate surface area is 168 Å². The van der Waals surface area contributed by atoms with Crippen LogP contribution in [0.25, 0.3) is 0 Å². The fourth-order valence-electron chi connectivity index (χ4n) is 3.20. The Kier molecular flexibility index (Phi) is 5.84. The summed E-state index contributed by atoms with van der Waals surface area (Å²) in [6.07, 6.45) is 0.742. The number of para-hydroxylation sites is 2. The lowest BCUT2D eigenvalue weighted by Gasteiger charge is -2.42. The maximum atomic E-state index is 13.1. The molecule has 0 bridgehead atoms. The first-order valence-corrected chi connectivity index (χ1v) is 10.1. The lowest BCUT2D eigenvalue weighted by Crippen LogP contribution is -2.60. The van der Waals surface area contributed by atoms with Gasteiger partial charge in [0.15, 0.2) is 6.10 Å². The predicted octanol–water partition coefficient (Wildman–Crippen LogP) is 3.77. The number of anilines is 2. The van der Waals surface area contributed by atoms with Crippen LogP contribution in [0.3, 0.4) is 0 Å². The third kappa shape index (κ3) is 4.09. The molecule has 1 N–H and O–H groups in total. The zero-order chi connectivity index (χ0) is 20.3. The fraction of sp³-hybridized carbons (Fsp3) is 0.381. The van der Waals surface area contributed by atoms with E-state index in [1.165, 1.54) is 9.78 Å². The maximum absolute atomic E-state index is 13.1. The van der Waals surface area contributed by atoms with Crippen molar-refractivity contribution in [2.75, 3.05) is 10.2 Å². The summed E-state index contributed by atoms with van der Waals surface area (Å²) in [5.41, 5.74) is 0.0676. The highest BCUT2D eigenvalue weighted by molar-refractivity contribution is 7.09. The van der Waals surface area contributed by atoms with Gasteiger partial charge in [0.05, 0.1) is 11.4 Å². The lowest BCUT2D eigenvalue weighted by atomic mass is 9.95. The number of amides is 2. The van der Waals surface area contributed by atoms with Gasteiger partial charge in [0.1, 0.15) is 5.54 Å². The molecular formula is C21H24N2O4S. The van der Waals surface area contributed by atoms with Gasteiger partial charge >= 0.3 is 5.97 Å². The van der Waals surface area contributed by atoms with Crippen molar-refractivity contribution in [3.63, 3.8) is 0 Å². The van der Waals surface area contributed by atoms with E-state index in [1.807, 2.05) is 17.5 Å². The molecule has 2 heterocycles. The second-order valence-electron chi connectivity index (χ2n) is 7.27. The lowest BCUT2D eigenvalue weighted by molar-refractivity contribution is -0.154. The Morgan fingerprint density at radius 2 is 1.96 bits per heavy atom. The van der Waals surface area contributed by atoms with Crippen molar-refractivity contribution in [1.82, 2.24) is 0 Å². The van der Waals surface area contributed by atoms with Gasteiger partial charge in [-0.2, -0.15) is 0 Å². The number of ether oxygens (including phenoxy) is 1. The molecule has 7 heteroatoms. The van der Waals surface area contributed by atoms with Crippen LogP contribution >= 0.6 is 11.3 Å². The minimum atomic E-state index is -1.09. The predicted molar refractivity (Wildman–Crippen MR) is 109 cm³/mol. The van der Waals surface area contributed by atoms with Crippen LogP contribution in [0.5, 0.6) is 0 Å². The molecule has 2 aromatic rings. The van der Waals surface area contributed by atoms with Gasteiger partial charge in [0.2, 0.25) is 5.91 Å². The average Bonchev–Trinajstić information content (AvgIpc) is 3.15. The molecular weight excluding hydrogens is 376 g/mol. The van der Waals surface area contributed by atoms with Crippen molar-refractivity contribution in [3.8, 4) is 0 Å². The number of thiophene rings is 1. The summed E-state index contributed by atoms with van der Waals surface area (Å²) in [6, 6.07) is 11.1. The van der Waals surface area contributed by atoms with Crippen LogP contribution < -0.4 is 10.2 Å². The van der Waals surface area contributed by atoms with E-state index in [0.717, 1.165) is 6.42 Å². The molecule has 28 heavy (non-hydrogen) atoms. The molecule has 0 fully saturated rings. The molecule has 1 aromatic heterocycles. The quantitative estimate of drug-likeness (QED) is 0.749. The summed E-state index contributed by atoms with van der Waals surface area (Å²) in [6.45, 7) is 4.89. The molecule has 1 aliphatic heterocycles.